The van der Waals surface area contributed by atoms with Gasteiger partial charge in [-0.15, -0.1) is 0 Å². The molecule has 6 heteroatoms. The maximum atomic E-state index is 13.3. The first-order valence-electron chi connectivity index (χ1n) is 5.89. The number of likely N-dealkylation sites (N-methyl/N-ethyl adjacent to an activating group) is 1. The van der Waals surface area contributed by atoms with Gasteiger partial charge in [0.25, 0.3) is 5.69 Å². The summed E-state index contributed by atoms with van der Waals surface area (Å²) >= 11 is 0. The number of non-ortho nitro benzene ring substituents is 1. The molecule has 0 amide bonds. The normalized spacial score (nSPS) is 17.9. The van der Waals surface area contributed by atoms with E-state index in [4.69, 9.17) is 0 Å². The monoisotopic (exact) mass is 253 g/mol. The number of rotatable bonds is 3. The van der Waals surface area contributed by atoms with Crippen molar-refractivity contribution in [2.24, 2.45) is 0 Å². The van der Waals surface area contributed by atoms with Crippen molar-refractivity contribution in [3.8, 4) is 0 Å². The van der Waals surface area contributed by atoms with Crippen LogP contribution in [0.4, 0.5) is 10.1 Å². The van der Waals surface area contributed by atoms with Gasteiger partial charge in [-0.25, -0.2) is 4.39 Å². The smallest absolute Gasteiger partial charge is 0.272 e. The molecule has 18 heavy (non-hydrogen) atoms. The van der Waals surface area contributed by atoms with Crippen molar-refractivity contribution >= 4 is 5.69 Å². The van der Waals surface area contributed by atoms with Crippen molar-refractivity contribution < 1.29 is 9.31 Å². The lowest BCUT2D eigenvalue weighted by Crippen LogP contribution is -2.43. The van der Waals surface area contributed by atoms with Gasteiger partial charge in [0, 0.05) is 38.8 Å². The number of nitrogens with zero attached hydrogens (tertiary/aromatic N) is 3. The second-order valence-corrected chi connectivity index (χ2v) is 4.65. The third kappa shape index (κ3) is 3.24. The number of hydrogen-bond donors (Lipinski definition) is 0. The Morgan fingerprint density at radius 3 is 2.56 bits per heavy atom. The standard InChI is InChI=1S/C12H16FN3O2/c1-14-2-4-15(5-3-14)9-10-6-11(13)8-12(7-10)16(17)18/h6-8H,2-5,9H2,1H3. The summed E-state index contributed by atoms with van der Waals surface area (Å²) in [6.45, 7) is 4.31. The van der Waals surface area contributed by atoms with Gasteiger partial charge in [-0.3, -0.25) is 15.0 Å². The second-order valence-electron chi connectivity index (χ2n) is 4.65. The minimum atomic E-state index is -0.559. The molecule has 5 nitrogen and oxygen atoms in total. The largest absolute Gasteiger partial charge is 0.304 e. The zero-order valence-electron chi connectivity index (χ0n) is 10.3. The van der Waals surface area contributed by atoms with Gasteiger partial charge >= 0.3 is 0 Å². The molecule has 0 atom stereocenters. The van der Waals surface area contributed by atoms with E-state index < -0.39 is 10.7 Å². The predicted octanol–water partition coefficient (Wildman–Crippen LogP) is 1.48. The molecule has 0 spiro atoms. The maximum Gasteiger partial charge on any atom is 0.272 e. The molecular weight excluding hydrogens is 237 g/mol. The van der Waals surface area contributed by atoms with E-state index in [1.54, 1.807) is 0 Å². The van der Waals surface area contributed by atoms with Crippen LogP contribution >= 0.6 is 0 Å². The minimum Gasteiger partial charge on any atom is -0.304 e. The maximum absolute atomic E-state index is 13.3. The highest BCUT2D eigenvalue weighted by Crippen LogP contribution is 2.18. The SMILES string of the molecule is CN1CCN(Cc2cc(F)cc([N+](=O)[O-])c2)CC1. The first-order valence-corrected chi connectivity index (χ1v) is 5.89. The van der Waals surface area contributed by atoms with Gasteiger partial charge in [0.05, 0.1) is 11.0 Å². The van der Waals surface area contributed by atoms with Crippen molar-refractivity contribution in [1.82, 2.24) is 9.80 Å². The third-order valence-corrected chi connectivity index (χ3v) is 3.16. The van der Waals surface area contributed by atoms with Crippen LogP contribution in [0.2, 0.25) is 0 Å². The lowest BCUT2D eigenvalue weighted by Gasteiger charge is -2.32. The van der Waals surface area contributed by atoms with Crippen molar-refractivity contribution in [3.05, 3.63) is 39.7 Å². The van der Waals surface area contributed by atoms with Crippen molar-refractivity contribution in [2.45, 2.75) is 6.54 Å². The highest BCUT2D eigenvalue weighted by atomic mass is 19.1. The molecular formula is C12H16FN3O2. The average molecular weight is 253 g/mol. The summed E-state index contributed by atoms with van der Waals surface area (Å²) in [6.07, 6.45) is 0. The van der Waals surface area contributed by atoms with Crippen LogP contribution in [0.5, 0.6) is 0 Å². The van der Waals surface area contributed by atoms with E-state index in [0.717, 1.165) is 32.2 Å². The number of nitro benzene ring substituents is 1. The molecule has 0 bridgehead atoms. The van der Waals surface area contributed by atoms with Crippen LogP contribution in [-0.2, 0) is 6.54 Å². The Hall–Kier alpha value is -1.53. The lowest BCUT2D eigenvalue weighted by molar-refractivity contribution is -0.385. The van der Waals surface area contributed by atoms with E-state index in [1.807, 2.05) is 0 Å². The van der Waals surface area contributed by atoms with E-state index >= 15 is 0 Å². The van der Waals surface area contributed by atoms with E-state index in [2.05, 4.69) is 16.8 Å². The molecule has 0 unspecified atom stereocenters. The average Bonchev–Trinajstić information content (AvgIpc) is 2.31. The molecule has 1 aliphatic rings. The summed E-state index contributed by atoms with van der Waals surface area (Å²) in [5.74, 6) is -0.548. The van der Waals surface area contributed by atoms with Crippen LogP contribution in [0.15, 0.2) is 18.2 Å². The predicted molar refractivity (Wildman–Crippen MR) is 65.8 cm³/mol. The Kier molecular flexibility index (Phi) is 3.88. The number of nitro groups is 1. The van der Waals surface area contributed by atoms with Crippen molar-refractivity contribution in [2.75, 3.05) is 33.2 Å². The van der Waals surface area contributed by atoms with Gasteiger partial charge in [-0.2, -0.15) is 0 Å². The Bertz CT molecular complexity index is 445. The summed E-state index contributed by atoms with van der Waals surface area (Å²) in [4.78, 5) is 14.5. The number of hydrogen-bond acceptors (Lipinski definition) is 4. The molecule has 1 aliphatic heterocycles. The fraction of sp³-hybridized carbons (Fsp3) is 0.500. The Labute approximate surface area is 105 Å². The highest BCUT2D eigenvalue weighted by Gasteiger charge is 2.16. The van der Waals surface area contributed by atoms with Crippen LogP contribution < -0.4 is 0 Å². The highest BCUT2D eigenvalue weighted by molar-refractivity contribution is 5.35. The second kappa shape index (κ2) is 5.41. The number of benzene rings is 1. The lowest BCUT2D eigenvalue weighted by atomic mass is 10.1. The Balaban J connectivity index is 2.07. The first-order chi connectivity index (χ1) is 8.54. The van der Waals surface area contributed by atoms with E-state index in [1.165, 1.54) is 12.1 Å². The van der Waals surface area contributed by atoms with Crippen LogP contribution in [0.1, 0.15) is 5.56 Å². The third-order valence-electron chi connectivity index (χ3n) is 3.16. The van der Waals surface area contributed by atoms with Gasteiger partial charge in [-0.05, 0) is 18.7 Å². The zero-order valence-corrected chi connectivity index (χ0v) is 10.3. The molecule has 0 saturated carbocycles. The molecule has 1 aromatic rings. The molecule has 0 aromatic heterocycles. The van der Waals surface area contributed by atoms with Gasteiger partial charge in [-0.1, -0.05) is 0 Å². The van der Waals surface area contributed by atoms with Gasteiger partial charge in [0.15, 0.2) is 0 Å². The van der Waals surface area contributed by atoms with E-state index in [0.29, 0.717) is 12.1 Å². The first kappa shape index (κ1) is 12.9. The van der Waals surface area contributed by atoms with Gasteiger partial charge in [0.1, 0.15) is 5.82 Å². The van der Waals surface area contributed by atoms with Crippen LogP contribution in [0.3, 0.4) is 0 Å². The van der Waals surface area contributed by atoms with Crippen LogP contribution in [0, 0.1) is 15.9 Å². The molecule has 98 valence electrons. The van der Waals surface area contributed by atoms with Crippen molar-refractivity contribution in [3.63, 3.8) is 0 Å². The summed E-state index contributed by atoms with van der Waals surface area (Å²) in [5, 5.41) is 10.7. The summed E-state index contributed by atoms with van der Waals surface area (Å²) < 4.78 is 13.3. The topological polar surface area (TPSA) is 49.6 Å². The molecule has 0 radical (unpaired) electrons. The molecule has 0 N–H and O–H groups in total. The quantitative estimate of drug-likeness (QED) is 0.605. The van der Waals surface area contributed by atoms with Gasteiger partial charge in [0.2, 0.25) is 0 Å². The molecule has 1 fully saturated rings. The van der Waals surface area contributed by atoms with E-state index in [9.17, 15) is 14.5 Å². The number of piperazine rings is 1. The molecule has 1 aromatic carbocycles. The van der Waals surface area contributed by atoms with Crippen LogP contribution in [0.25, 0.3) is 0 Å². The zero-order chi connectivity index (χ0) is 13.1. The van der Waals surface area contributed by atoms with Gasteiger partial charge < -0.3 is 4.90 Å². The molecule has 1 saturated heterocycles. The van der Waals surface area contributed by atoms with Crippen LogP contribution in [-0.4, -0.2) is 47.9 Å². The summed E-state index contributed by atoms with van der Waals surface area (Å²) in [6, 6.07) is 3.76. The fourth-order valence-electron chi connectivity index (χ4n) is 2.09. The van der Waals surface area contributed by atoms with E-state index in [-0.39, 0.29) is 5.69 Å². The molecule has 2 rings (SSSR count). The fourth-order valence-corrected chi connectivity index (χ4v) is 2.09. The Morgan fingerprint density at radius 2 is 1.94 bits per heavy atom. The summed E-state index contributed by atoms with van der Waals surface area (Å²) in [5.41, 5.74) is 0.477. The number of halogens is 1. The minimum absolute atomic E-state index is 0.181. The Morgan fingerprint density at radius 1 is 1.28 bits per heavy atom. The molecule has 0 aliphatic carbocycles. The molecule has 1 heterocycles. The van der Waals surface area contributed by atoms with Crippen molar-refractivity contribution in [1.29, 1.82) is 0 Å². The summed E-state index contributed by atoms with van der Waals surface area (Å²) in [7, 11) is 2.06.